The highest BCUT2D eigenvalue weighted by molar-refractivity contribution is 5.51. The van der Waals surface area contributed by atoms with Crippen LogP contribution in [0.3, 0.4) is 0 Å². The van der Waals surface area contributed by atoms with E-state index in [-0.39, 0.29) is 0 Å². The van der Waals surface area contributed by atoms with Crippen LogP contribution in [0.5, 0.6) is 0 Å². The minimum absolute atomic E-state index is 0.326. The van der Waals surface area contributed by atoms with Crippen LogP contribution in [0.1, 0.15) is 24.8 Å². The largest absolute Gasteiger partial charge is 0.396 e. The lowest BCUT2D eigenvalue weighted by Gasteiger charge is -2.20. The van der Waals surface area contributed by atoms with Crippen LogP contribution in [0, 0.1) is 11.8 Å². The molecule has 3 aliphatic rings. The van der Waals surface area contributed by atoms with Crippen molar-refractivity contribution in [2.45, 2.75) is 24.7 Å². The number of rotatable bonds is 4. The first-order valence-corrected chi connectivity index (χ1v) is 8.03. The van der Waals surface area contributed by atoms with E-state index in [0.717, 1.165) is 25.4 Å². The standard InChI is InChI=1S/C17H24N2O/c20-10-7-15-16-11-18-12-17(15,16)13-3-5-14(6-4-13)19-8-1-2-9-19/h3-6,15-16,18,20H,1-2,7-12H2. The second-order valence-corrected chi connectivity index (χ2v) is 6.64. The minimum atomic E-state index is 0.326. The molecule has 3 heteroatoms. The summed E-state index contributed by atoms with van der Waals surface area (Å²) >= 11 is 0. The van der Waals surface area contributed by atoms with Gasteiger partial charge in [-0.3, -0.25) is 0 Å². The van der Waals surface area contributed by atoms with Crippen LogP contribution in [0.15, 0.2) is 24.3 Å². The predicted molar refractivity (Wildman–Crippen MR) is 81.1 cm³/mol. The molecule has 0 amide bonds. The lowest BCUT2D eigenvalue weighted by Crippen LogP contribution is -2.24. The van der Waals surface area contributed by atoms with Crippen molar-refractivity contribution in [3.05, 3.63) is 29.8 Å². The molecular formula is C17H24N2O. The Kier molecular flexibility index (Phi) is 3.00. The van der Waals surface area contributed by atoms with E-state index in [4.69, 9.17) is 0 Å². The number of hydrogen-bond donors (Lipinski definition) is 2. The molecule has 3 nitrogen and oxygen atoms in total. The summed E-state index contributed by atoms with van der Waals surface area (Å²) in [5, 5.41) is 12.8. The summed E-state index contributed by atoms with van der Waals surface area (Å²) in [5.41, 5.74) is 3.19. The average Bonchev–Trinajstić information content (AvgIpc) is 2.95. The Balaban J connectivity index is 1.56. The molecule has 0 aromatic heterocycles. The molecule has 2 heterocycles. The van der Waals surface area contributed by atoms with Gasteiger partial charge in [-0.15, -0.1) is 0 Å². The molecule has 2 saturated heterocycles. The van der Waals surface area contributed by atoms with Gasteiger partial charge in [0.05, 0.1) is 0 Å². The van der Waals surface area contributed by atoms with Gasteiger partial charge in [0.2, 0.25) is 0 Å². The normalized spacial score (nSPS) is 35.4. The third-order valence-corrected chi connectivity index (χ3v) is 5.80. The van der Waals surface area contributed by atoms with Crippen LogP contribution in [-0.4, -0.2) is 37.9 Å². The molecule has 3 unspecified atom stereocenters. The molecule has 1 aliphatic carbocycles. The Hall–Kier alpha value is -1.06. The molecule has 3 atom stereocenters. The highest BCUT2D eigenvalue weighted by Gasteiger charge is 2.66. The highest BCUT2D eigenvalue weighted by Crippen LogP contribution is 2.63. The topological polar surface area (TPSA) is 35.5 Å². The molecule has 1 aromatic carbocycles. The van der Waals surface area contributed by atoms with Gasteiger partial charge >= 0.3 is 0 Å². The van der Waals surface area contributed by atoms with Crippen LogP contribution >= 0.6 is 0 Å². The van der Waals surface area contributed by atoms with E-state index >= 15 is 0 Å². The van der Waals surface area contributed by atoms with Crippen molar-refractivity contribution in [3.63, 3.8) is 0 Å². The van der Waals surface area contributed by atoms with Crippen molar-refractivity contribution < 1.29 is 5.11 Å². The lowest BCUT2D eigenvalue weighted by molar-refractivity contribution is 0.270. The van der Waals surface area contributed by atoms with Gasteiger partial charge in [-0.25, -0.2) is 0 Å². The number of hydrogen-bond acceptors (Lipinski definition) is 3. The molecule has 0 spiro atoms. The summed E-state index contributed by atoms with van der Waals surface area (Å²) in [7, 11) is 0. The molecule has 4 rings (SSSR count). The average molecular weight is 272 g/mol. The monoisotopic (exact) mass is 272 g/mol. The number of nitrogens with one attached hydrogen (secondary N) is 1. The fourth-order valence-corrected chi connectivity index (χ4v) is 4.71. The third-order valence-electron chi connectivity index (χ3n) is 5.80. The van der Waals surface area contributed by atoms with Crippen molar-refractivity contribution in [1.82, 2.24) is 5.32 Å². The smallest absolute Gasteiger partial charge is 0.0434 e. The fraction of sp³-hybridized carbons (Fsp3) is 0.647. The Morgan fingerprint density at radius 1 is 1.20 bits per heavy atom. The first-order valence-electron chi connectivity index (χ1n) is 8.03. The summed E-state index contributed by atoms with van der Waals surface area (Å²) in [5.74, 6) is 1.43. The zero-order chi connectivity index (χ0) is 13.6. The quantitative estimate of drug-likeness (QED) is 0.876. The summed E-state index contributed by atoms with van der Waals surface area (Å²) < 4.78 is 0. The zero-order valence-electron chi connectivity index (χ0n) is 12.0. The molecule has 108 valence electrons. The van der Waals surface area contributed by atoms with Crippen molar-refractivity contribution >= 4 is 5.69 Å². The number of piperidine rings is 1. The van der Waals surface area contributed by atoms with Gasteiger partial charge < -0.3 is 15.3 Å². The molecule has 2 N–H and O–H groups in total. The van der Waals surface area contributed by atoms with E-state index < -0.39 is 0 Å². The second kappa shape index (κ2) is 4.74. The van der Waals surface area contributed by atoms with Crippen LogP contribution in [-0.2, 0) is 5.41 Å². The molecule has 1 saturated carbocycles. The molecular weight excluding hydrogens is 248 g/mol. The number of fused-ring (bicyclic) bond motifs is 1. The molecule has 0 radical (unpaired) electrons. The Morgan fingerprint density at radius 3 is 2.65 bits per heavy atom. The van der Waals surface area contributed by atoms with Gasteiger partial charge in [-0.2, -0.15) is 0 Å². The number of benzene rings is 1. The predicted octanol–water partition coefficient (Wildman–Crippen LogP) is 1.76. The van der Waals surface area contributed by atoms with Gasteiger partial charge in [0.1, 0.15) is 0 Å². The molecule has 1 aromatic rings. The Labute approximate surface area is 121 Å². The van der Waals surface area contributed by atoms with Crippen molar-refractivity contribution in [2.24, 2.45) is 11.8 Å². The Bertz CT molecular complexity index is 480. The van der Waals surface area contributed by atoms with Crippen LogP contribution in [0.2, 0.25) is 0 Å². The summed E-state index contributed by atoms with van der Waals surface area (Å²) in [6, 6.07) is 9.29. The van der Waals surface area contributed by atoms with Crippen LogP contribution < -0.4 is 10.2 Å². The number of anilines is 1. The third kappa shape index (κ3) is 1.73. The van der Waals surface area contributed by atoms with E-state index in [2.05, 4.69) is 34.5 Å². The number of nitrogens with zero attached hydrogens (tertiary/aromatic N) is 1. The van der Waals surface area contributed by atoms with E-state index in [1.54, 1.807) is 0 Å². The maximum atomic E-state index is 9.25. The summed E-state index contributed by atoms with van der Waals surface area (Å²) in [4.78, 5) is 2.49. The SMILES string of the molecule is OCCC1C2CNCC12c1ccc(N2CCCC2)cc1. The maximum Gasteiger partial charge on any atom is 0.0434 e. The van der Waals surface area contributed by atoms with Gasteiger partial charge in [-0.05, 0) is 55.3 Å². The van der Waals surface area contributed by atoms with Gasteiger partial charge in [-0.1, -0.05) is 12.1 Å². The van der Waals surface area contributed by atoms with Crippen LogP contribution in [0.4, 0.5) is 5.69 Å². The van der Waals surface area contributed by atoms with Crippen LogP contribution in [0.25, 0.3) is 0 Å². The fourth-order valence-electron chi connectivity index (χ4n) is 4.71. The molecule has 3 fully saturated rings. The summed E-state index contributed by atoms with van der Waals surface area (Å²) in [6.07, 6.45) is 3.62. The summed E-state index contributed by atoms with van der Waals surface area (Å²) in [6.45, 7) is 4.96. The second-order valence-electron chi connectivity index (χ2n) is 6.64. The first-order chi connectivity index (χ1) is 9.86. The van der Waals surface area contributed by atoms with Crippen molar-refractivity contribution in [1.29, 1.82) is 0 Å². The highest BCUT2D eigenvalue weighted by atomic mass is 16.3. The molecule has 20 heavy (non-hydrogen) atoms. The molecule has 2 aliphatic heterocycles. The van der Waals surface area contributed by atoms with E-state index in [9.17, 15) is 5.11 Å². The lowest BCUT2D eigenvalue weighted by atomic mass is 9.92. The molecule has 0 bridgehead atoms. The van der Waals surface area contributed by atoms with E-state index in [0.29, 0.717) is 17.9 Å². The number of aliphatic hydroxyl groups excluding tert-OH is 1. The van der Waals surface area contributed by atoms with Crippen molar-refractivity contribution in [2.75, 3.05) is 37.7 Å². The van der Waals surface area contributed by atoms with Crippen molar-refractivity contribution in [3.8, 4) is 0 Å². The first kappa shape index (κ1) is 12.7. The Morgan fingerprint density at radius 2 is 1.95 bits per heavy atom. The van der Waals surface area contributed by atoms with Gasteiger partial charge in [0.25, 0.3) is 0 Å². The van der Waals surface area contributed by atoms with Gasteiger partial charge in [0, 0.05) is 37.3 Å². The van der Waals surface area contributed by atoms with E-state index in [1.807, 2.05) is 0 Å². The minimum Gasteiger partial charge on any atom is -0.396 e. The van der Waals surface area contributed by atoms with E-state index in [1.165, 1.54) is 37.2 Å². The zero-order valence-corrected chi connectivity index (χ0v) is 12.0. The maximum absolute atomic E-state index is 9.25. The van der Waals surface area contributed by atoms with Gasteiger partial charge in [0.15, 0.2) is 0 Å². The number of aliphatic hydroxyl groups is 1.